The van der Waals surface area contributed by atoms with Crippen LogP contribution in [0.2, 0.25) is 0 Å². The highest BCUT2D eigenvalue weighted by atomic mass is 14.7. The van der Waals surface area contributed by atoms with Gasteiger partial charge in [0, 0.05) is 5.54 Å². The maximum absolute atomic E-state index is 6.68. The minimum Gasteiger partial charge on any atom is -0.325 e. The molecule has 0 bridgehead atoms. The van der Waals surface area contributed by atoms with Gasteiger partial charge in [-0.05, 0) is 49.7 Å². The fraction of sp³-hybridized carbons (Fsp3) is 0.647. The number of hydrogen-bond donors (Lipinski definition) is 1. The molecule has 18 heavy (non-hydrogen) atoms. The molecule has 0 spiro atoms. The van der Waals surface area contributed by atoms with Gasteiger partial charge in [-0.2, -0.15) is 0 Å². The quantitative estimate of drug-likeness (QED) is 0.793. The van der Waals surface area contributed by atoms with E-state index in [4.69, 9.17) is 5.73 Å². The second-order valence-electron chi connectivity index (χ2n) is 6.17. The van der Waals surface area contributed by atoms with Crippen molar-refractivity contribution < 1.29 is 0 Å². The molecule has 100 valence electrons. The molecule has 1 heteroatoms. The second-order valence-corrected chi connectivity index (χ2v) is 6.17. The first kappa shape index (κ1) is 13.6. The van der Waals surface area contributed by atoms with Crippen LogP contribution >= 0.6 is 0 Å². The van der Waals surface area contributed by atoms with Gasteiger partial charge in [-0.25, -0.2) is 0 Å². The maximum atomic E-state index is 6.68. The fourth-order valence-corrected chi connectivity index (χ4v) is 3.28. The topological polar surface area (TPSA) is 26.0 Å². The third-order valence-electron chi connectivity index (χ3n) is 4.72. The molecule has 2 N–H and O–H groups in total. The number of aryl methyl sites for hydroxylation is 1. The molecule has 0 heterocycles. The second kappa shape index (κ2) is 5.88. The van der Waals surface area contributed by atoms with Crippen LogP contribution in [0.3, 0.4) is 0 Å². The molecule has 2 atom stereocenters. The van der Waals surface area contributed by atoms with E-state index in [-0.39, 0.29) is 5.54 Å². The number of benzene rings is 1. The van der Waals surface area contributed by atoms with Crippen molar-refractivity contribution in [2.75, 3.05) is 0 Å². The normalized spacial score (nSPS) is 28.9. The largest absolute Gasteiger partial charge is 0.325 e. The molecular weight excluding hydrogens is 218 g/mol. The SMILES string of the molecule is CCC1CCCC(N)(Cc2ccccc2C)CC1. The van der Waals surface area contributed by atoms with Crippen LogP contribution in [0.4, 0.5) is 0 Å². The Bertz CT molecular complexity index is 385. The van der Waals surface area contributed by atoms with Gasteiger partial charge in [0.15, 0.2) is 0 Å². The molecule has 0 aliphatic heterocycles. The Morgan fingerprint density at radius 3 is 2.72 bits per heavy atom. The van der Waals surface area contributed by atoms with Crippen LogP contribution in [0.5, 0.6) is 0 Å². The lowest BCUT2D eigenvalue weighted by Crippen LogP contribution is -2.41. The summed E-state index contributed by atoms with van der Waals surface area (Å²) in [5.41, 5.74) is 9.54. The monoisotopic (exact) mass is 245 g/mol. The average Bonchev–Trinajstić information content (AvgIpc) is 2.54. The molecule has 0 aromatic heterocycles. The minimum atomic E-state index is 0.0377. The van der Waals surface area contributed by atoms with Crippen LogP contribution in [0.25, 0.3) is 0 Å². The Labute approximate surface area is 112 Å². The summed E-state index contributed by atoms with van der Waals surface area (Å²) < 4.78 is 0. The fourth-order valence-electron chi connectivity index (χ4n) is 3.28. The Balaban J connectivity index is 2.05. The van der Waals surface area contributed by atoms with Gasteiger partial charge in [-0.15, -0.1) is 0 Å². The van der Waals surface area contributed by atoms with Gasteiger partial charge < -0.3 is 5.73 Å². The van der Waals surface area contributed by atoms with Gasteiger partial charge in [-0.3, -0.25) is 0 Å². The van der Waals surface area contributed by atoms with Gasteiger partial charge in [0.2, 0.25) is 0 Å². The summed E-state index contributed by atoms with van der Waals surface area (Å²) in [4.78, 5) is 0. The van der Waals surface area contributed by atoms with E-state index in [1.165, 1.54) is 49.7 Å². The highest BCUT2D eigenvalue weighted by molar-refractivity contribution is 5.27. The third-order valence-corrected chi connectivity index (χ3v) is 4.72. The highest BCUT2D eigenvalue weighted by Crippen LogP contribution is 2.33. The van der Waals surface area contributed by atoms with Crippen molar-refractivity contribution in [3.05, 3.63) is 35.4 Å². The average molecular weight is 245 g/mol. The first-order valence-electron chi connectivity index (χ1n) is 7.46. The van der Waals surface area contributed by atoms with Crippen molar-refractivity contribution in [2.24, 2.45) is 11.7 Å². The molecule has 1 aromatic rings. The first-order chi connectivity index (χ1) is 8.63. The number of hydrogen-bond acceptors (Lipinski definition) is 1. The van der Waals surface area contributed by atoms with Crippen molar-refractivity contribution in [1.82, 2.24) is 0 Å². The summed E-state index contributed by atoms with van der Waals surface area (Å²) in [6, 6.07) is 8.69. The Morgan fingerprint density at radius 1 is 1.22 bits per heavy atom. The zero-order valence-electron chi connectivity index (χ0n) is 11.9. The van der Waals surface area contributed by atoms with E-state index in [1.54, 1.807) is 0 Å². The predicted octanol–water partition coefficient (Wildman–Crippen LogP) is 4.23. The summed E-state index contributed by atoms with van der Waals surface area (Å²) in [5, 5.41) is 0. The van der Waals surface area contributed by atoms with E-state index in [9.17, 15) is 0 Å². The molecule has 0 radical (unpaired) electrons. The summed E-state index contributed by atoms with van der Waals surface area (Å²) in [7, 11) is 0. The van der Waals surface area contributed by atoms with Crippen LogP contribution in [-0.2, 0) is 6.42 Å². The molecule has 2 unspecified atom stereocenters. The third kappa shape index (κ3) is 3.35. The predicted molar refractivity (Wildman–Crippen MR) is 78.7 cm³/mol. The van der Waals surface area contributed by atoms with E-state index in [0.717, 1.165) is 12.3 Å². The Morgan fingerprint density at radius 2 is 2.00 bits per heavy atom. The maximum Gasteiger partial charge on any atom is 0.0195 e. The lowest BCUT2D eigenvalue weighted by atomic mass is 9.83. The van der Waals surface area contributed by atoms with Crippen LogP contribution in [0.15, 0.2) is 24.3 Å². The van der Waals surface area contributed by atoms with E-state index in [1.807, 2.05) is 0 Å². The van der Waals surface area contributed by atoms with Crippen molar-refractivity contribution in [1.29, 1.82) is 0 Å². The zero-order chi connectivity index (χ0) is 13.0. The molecule has 1 aromatic carbocycles. The van der Waals surface area contributed by atoms with Crippen LogP contribution < -0.4 is 5.73 Å². The molecule has 1 aliphatic rings. The molecule has 1 nitrogen and oxygen atoms in total. The van der Waals surface area contributed by atoms with Crippen molar-refractivity contribution >= 4 is 0 Å². The molecule has 1 fully saturated rings. The Kier molecular flexibility index (Phi) is 4.45. The van der Waals surface area contributed by atoms with Gasteiger partial charge in [0.05, 0.1) is 0 Å². The van der Waals surface area contributed by atoms with Crippen molar-refractivity contribution in [3.8, 4) is 0 Å². The summed E-state index contributed by atoms with van der Waals surface area (Å²) in [6.07, 6.45) is 8.76. The minimum absolute atomic E-state index is 0.0377. The van der Waals surface area contributed by atoms with Gasteiger partial charge >= 0.3 is 0 Å². The summed E-state index contributed by atoms with van der Waals surface area (Å²) >= 11 is 0. The van der Waals surface area contributed by atoms with E-state index in [2.05, 4.69) is 38.1 Å². The van der Waals surface area contributed by atoms with Gasteiger partial charge in [0.25, 0.3) is 0 Å². The molecule has 2 rings (SSSR count). The van der Waals surface area contributed by atoms with E-state index >= 15 is 0 Å². The highest BCUT2D eigenvalue weighted by Gasteiger charge is 2.29. The van der Waals surface area contributed by atoms with Crippen molar-refractivity contribution in [2.45, 2.75) is 64.3 Å². The number of nitrogens with two attached hydrogens (primary N) is 1. The smallest absolute Gasteiger partial charge is 0.0195 e. The van der Waals surface area contributed by atoms with Gasteiger partial charge in [-0.1, -0.05) is 50.5 Å². The van der Waals surface area contributed by atoms with E-state index in [0.29, 0.717) is 0 Å². The molecular formula is C17H27N. The Hall–Kier alpha value is -0.820. The van der Waals surface area contributed by atoms with Crippen molar-refractivity contribution in [3.63, 3.8) is 0 Å². The molecule has 0 saturated heterocycles. The number of rotatable bonds is 3. The summed E-state index contributed by atoms with van der Waals surface area (Å²) in [6.45, 7) is 4.51. The van der Waals surface area contributed by atoms with Crippen LogP contribution in [0.1, 0.15) is 56.6 Å². The molecule has 1 saturated carbocycles. The van der Waals surface area contributed by atoms with Gasteiger partial charge in [0.1, 0.15) is 0 Å². The van der Waals surface area contributed by atoms with E-state index < -0.39 is 0 Å². The molecule has 0 amide bonds. The lowest BCUT2D eigenvalue weighted by molar-refractivity contribution is 0.358. The lowest BCUT2D eigenvalue weighted by Gasteiger charge is -2.29. The van der Waals surface area contributed by atoms with Crippen LogP contribution in [-0.4, -0.2) is 5.54 Å². The summed E-state index contributed by atoms with van der Waals surface area (Å²) in [5.74, 6) is 0.910. The zero-order valence-corrected chi connectivity index (χ0v) is 11.9. The van der Waals surface area contributed by atoms with Crippen LogP contribution in [0, 0.1) is 12.8 Å². The first-order valence-corrected chi connectivity index (χ1v) is 7.46. The molecule has 1 aliphatic carbocycles. The standard InChI is InChI=1S/C17H27N/c1-3-15-8-6-11-17(18,12-10-15)13-16-9-5-4-7-14(16)2/h4-5,7,9,15H,3,6,8,10-13,18H2,1-2H3.